The molecule has 2 atom stereocenters. The van der Waals surface area contributed by atoms with Crippen molar-refractivity contribution in [3.8, 4) is 0 Å². The molecule has 15 heteroatoms. The lowest BCUT2D eigenvalue weighted by Gasteiger charge is -2.43. The van der Waals surface area contributed by atoms with Gasteiger partial charge in [0.25, 0.3) is 17.4 Å². The highest BCUT2D eigenvalue weighted by Crippen LogP contribution is 2.60. The molecule has 2 amide bonds. The Morgan fingerprint density at radius 3 is 2.20 bits per heavy atom. The van der Waals surface area contributed by atoms with Crippen LogP contribution in [0.3, 0.4) is 0 Å². The summed E-state index contributed by atoms with van der Waals surface area (Å²) in [5.74, 6) is -2.31. The lowest BCUT2D eigenvalue weighted by atomic mass is 9.85. The molecule has 1 aromatic heterocycles. The third-order valence-electron chi connectivity index (χ3n) is 5.51. The fraction of sp³-hybridized carbons (Fsp3) is 0.400. The zero-order valence-corrected chi connectivity index (χ0v) is 19.5. The van der Waals surface area contributed by atoms with Gasteiger partial charge < -0.3 is 10.1 Å². The minimum atomic E-state index is -5.58. The van der Waals surface area contributed by atoms with E-state index in [1.165, 1.54) is 19.3 Å². The number of rotatable bonds is 9. The Kier molecular flexibility index (Phi) is 8.17. The predicted molar refractivity (Wildman–Crippen MR) is 115 cm³/mol. The molecule has 1 saturated carbocycles. The molecule has 0 aliphatic heterocycles. The van der Waals surface area contributed by atoms with Gasteiger partial charge in [0.15, 0.2) is 5.54 Å². The van der Waals surface area contributed by atoms with Crippen molar-refractivity contribution in [2.24, 2.45) is 0 Å². The van der Waals surface area contributed by atoms with Gasteiger partial charge in [0.2, 0.25) is 11.2 Å². The number of alkyl halides is 4. The molecule has 1 N–H and O–H groups in total. The maximum absolute atomic E-state index is 14.1. The molecule has 35 heavy (non-hydrogen) atoms. The SMILES string of the molecule is C[C@@](C(=O)NC1CC(OC(F)F)C1)(c1cncnc1)N(C(=O)[C@H](F)Cl)c1ccc(S(F)(F)F)cc1. The third kappa shape index (κ3) is 5.98. The largest absolute Gasteiger partial charge is 0.351 e. The fourth-order valence-corrected chi connectivity index (χ4v) is 4.17. The molecule has 1 heterocycles. The molecular formula is C20H19ClF6N4O3S. The molecule has 3 rings (SSSR count). The number of halogens is 7. The highest BCUT2D eigenvalue weighted by Gasteiger charge is 2.48. The van der Waals surface area contributed by atoms with Crippen LogP contribution >= 0.6 is 22.8 Å². The zero-order chi connectivity index (χ0) is 26.0. The van der Waals surface area contributed by atoms with E-state index in [1.54, 1.807) is 0 Å². The minimum absolute atomic E-state index is 0.00612. The monoisotopic (exact) mass is 544 g/mol. The van der Waals surface area contributed by atoms with Crippen LogP contribution in [0.5, 0.6) is 0 Å². The van der Waals surface area contributed by atoms with Gasteiger partial charge in [-0.3, -0.25) is 14.5 Å². The predicted octanol–water partition coefficient (Wildman–Crippen LogP) is 4.96. The standard InChI is InChI=1S/C20H19ClF6N4O3S/c1-20(11-8-28-10-29-9-11,18(33)30-12-6-14(7-12)34-19(23)24)31(17(32)16(21)22)13-2-4-15(5-3-13)35(25,26)27/h2-5,8-10,12,14,16,19H,6-7H2,1H3,(H,30,33)/t12?,14?,16-,20-/m0/s1. The van der Waals surface area contributed by atoms with Gasteiger partial charge in [0.1, 0.15) is 6.33 Å². The molecule has 192 valence electrons. The Hall–Kier alpha value is -2.58. The molecule has 7 nitrogen and oxygen atoms in total. The highest BCUT2D eigenvalue weighted by atomic mass is 35.5. The number of nitrogens with one attached hydrogen (secondary N) is 1. The van der Waals surface area contributed by atoms with Gasteiger partial charge in [-0.15, -0.1) is 11.7 Å². The molecular weight excluding hydrogens is 526 g/mol. The van der Waals surface area contributed by atoms with Crippen LogP contribution in [0.2, 0.25) is 0 Å². The molecule has 2 aromatic rings. The van der Waals surface area contributed by atoms with Crippen LogP contribution in [-0.4, -0.2) is 46.2 Å². The summed E-state index contributed by atoms with van der Waals surface area (Å²) in [7, 11) is 0. The molecule has 0 saturated heterocycles. The van der Waals surface area contributed by atoms with Crippen LogP contribution in [0.25, 0.3) is 0 Å². The van der Waals surface area contributed by atoms with Gasteiger partial charge in [-0.25, -0.2) is 14.4 Å². The number of nitrogens with zero attached hydrogens (tertiary/aromatic N) is 3. The summed E-state index contributed by atoms with van der Waals surface area (Å²) in [4.78, 5) is 33.6. The first-order valence-electron chi connectivity index (χ1n) is 9.98. The number of anilines is 1. The molecule has 1 aliphatic carbocycles. The van der Waals surface area contributed by atoms with Gasteiger partial charge in [0.05, 0.1) is 11.0 Å². The second-order valence-electron chi connectivity index (χ2n) is 7.73. The van der Waals surface area contributed by atoms with Crippen LogP contribution in [0.15, 0.2) is 47.9 Å². The fourth-order valence-electron chi connectivity index (χ4n) is 3.63. The van der Waals surface area contributed by atoms with Crippen molar-refractivity contribution in [2.75, 3.05) is 4.90 Å². The van der Waals surface area contributed by atoms with Crippen molar-refractivity contribution in [1.82, 2.24) is 15.3 Å². The number of amides is 2. The van der Waals surface area contributed by atoms with Crippen molar-refractivity contribution in [3.63, 3.8) is 0 Å². The number of hydrogen-bond acceptors (Lipinski definition) is 5. The topological polar surface area (TPSA) is 84.4 Å². The maximum Gasteiger partial charge on any atom is 0.345 e. The Balaban J connectivity index is 2.01. The first-order valence-corrected chi connectivity index (χ1v) is 11.8. The molecule has 1 aromatic carbocycles. The average Bonchev–Trinajstić information content (AvgIpc) is 2.77. The van der Waals surface area contributed by atoms with Crippen molar-refractivity contribution in [1.29, 1.82) is 0 Å². The van der Waals surface area contributed by atoms with Crippen molar-refractivity contribution in [3.05, 3.63) is 48.5 Å². The normalized spacial score (nSPS) is 20.9. The second-order valence-corrected chi connectivity index (χ2v) is 9.40. The molecule has 0 radical (unpaired) electrons. The summed E-state index contributed by atoms with van der Waals surface area (Å²) in [5.41, 5.74) is -4.99. The minimum Gasteiger partial charge on any atom is -0.351 e. The van der Waals surface area contributed by atoms with Crippen LogP contribution in [0.4, 0.5) is 30.5 Å². The van der Waals surface area contributed by atoms with E-state index in [9.17, 15) is 34.4 Å². The van der Waals surface area contributed by atoms with Crippen LogP contribution in [0, 0.1) is 0 Å². The van der Waals surface area contributed by atoms with Gasteiger partial charge >= 0.3 is 6.61 Å². The van der Waals surface area contributed by atoms with E-state index < -0.39 is 57.8 Å². The van der Waals surface area contributed by atoms with Gasteiger partial charge in [-0.2, -0.15) is 8.78 Å². The van der Waals surface area contributed by atoms with E-state index in [2.05, 4.69) is 20.0 Å². The number of aromatic nitrogens is 2. The van der Waals surface area contributed by atoms with Crippen molar-refractivity contribution in [2.45, 2.75) is 54.6 Å². The van der Waals surface area contributed by atoms with E-state index in [1.807, 2.05) is 0 Å². The average molecular weight is 545 g/mol. The smallest absolute Gasteiger partial charge is 0.345 e. The summed E-state index contributed by atoms with van der Waals surface area (Å²) in [6, 6.07) is 2.62. The Bertz CT molecular complexity index is 1040. The molecule has 1 aliphatic rings. The Morgan fingerprint density at radius 1 is 1.14 bits per heavy atom. The molecule has 0 bridgehead atoms. The van der Waals surface area contributed by atoms with Gasteiger partial charge in [-0.1, -0.05) is 11.6 Å². The summed E-state index contributed by atoms with van der Waals surface area (Å²) < 4.78 is 82.6. The maximum atomic E-state index is 14.1. The van der Waals surface area contributed by atoms with Crippen molar-refractivity contribution >= 4 is 40.3 Å². The molecule has 0 spiro atoms. The van der Waals surface area contributed by atoms with E-state index in [0.29, 0.717) is 17.0 Å². The lowest BCUT2D eigenvalue weighted by molar-refractivity contribution is -0.186. The van der Waals surface area contributed by atoms with Gasteiger partial charge in [0, 0.05) is 29.7 Å². The number of carbonyl (C=O) groups excluding carboxylic acids is 2. The van der Waals surface area contributed by atoms with Crippen molar-refractivity contribution < 1.29 is 39.2 Å². The van der Waals surface area contributed by atoms with E-state index >= 15 is 0 Å². The van der Waals surface area contributed by atoms with Crippen LogP contribution in [0.1, 0.15) is 25.3 Å². The molecule has 0 unspecified atom stereocenters. The third-order valence-corrected chi connectivity index (χ3v) is 6.50. The van der Waals surface area contributed by atoms with E-state index in [4.69, 9.17) is 11.6 Å². The number of hydrogen-bond donors (Lipinski definition) is 1. The summed E-state index contributed by atoms with van der Waals surface area (Å²) in [6.07, 6.45) is 2.79. The second kappa shape index (κ2) is 10.6. The quantitative estimate of drug-likeness (QED) is 0.356. The Morgan fingerprint density at radius 2 is 1.71 bits per heavy atom. The van der Waals surface area contributed by atoms with Gasteiger partial charge in [-0.05, 0) is 44.0 Å². The zero-order valence-electron chi connectivity index (χ0n) is 17.9. The summed E-state index contributed by atoms with van der Waals surface area (Å²) in [6.45, 7) is -1.77. The van der Waals surface area contributed by atoms with E-state index in [-0.39, 0.29) is 24.1 Å². The Labute approximate surface area is 203 Å². The van der Waals surface area contributed by atoms with Crippen LogP contribution < -0.4 is 10.2 Å². The first kappa shape index (κ1) is 27.0. The van der Waals surface area contributed by atoms with Crippen LogP contribution in [-0.2, 0) is 19.9 Å². The summed E-state index contributed by atoms with van der Waals surface area (Å²) in [5, 5.41) is 2.58. The summed E-state index contributed by atoms with van der Waals surface area (Å²) >= 11 is -0.177. The number of benzene rings is 1. The highest BCUT2D eigenvalue weighted by molar-refractivity contribution is 8.20. The first-order chi connectivity index (χ1) is 16.3. The molecule has 1 fully saturated rings. The lowest BCUT2D eigenvalue weighted by Crippen LogP contribution is -2.61. The number of carbonyl (C=O) groups is 2. The number of ether oxygens (including phenoxy) is 1. The van der Waals surface area contributed by atoms with E-state index in [0.717, 1.165) is 18.5 Å².